The second kappa shape index (κ2) is 6.27. The number of pyridine rings is 1. The summed E-state index contributed by atoms with van der Waals surface area (Å²) >= 11 is 0.267. The number of nitrogens with one attached hydrogen (secondary N) is 1. The monoisotopic (exact) mass is 331 g/mol. The van der Waals surface area contributed by atoms with E-state index in [1.807, 2.05) is 0 Å². The van der Waals surface area contributed by atoms with Crippen molar-refractivity contribution in [3.63, 3.8) is 0 Å². The Balaban J connectivity index is 2.33. The molecule has 0 spiro atoms. The third-order valence-corrected chi connectivity index (χ3v) is 4.56. The fraction of sp³-hybridized carbons (Fsp3) is 0.0833. The molecule has 112 valence electrons. The maximum atomic E-state index is 12.5. The Morgan fingerprint density at radius 3 is 2.62 bits per heavy atom. The number of sulfonamides is 1. The molecule has 2 aromatic rings. The summed E-state index contributed by atoms with van der Waals surface area (Å²) in [6.07, 6.45) is 1.25. The van der Waals surface area contributed by atoms with E-state index in [2.05, 4.69) is 9.71 Å². The van der Waals surface area contributed by atoms with Crippen LogP contribution in [-0.2, 0) is 10.0 Å². The molecule has 0 unspecified atom stereocenters. The van der Waals surface area contributed by atoms with E-state index in [0.29, 0.717) is 0 Å². The predicted molar refractivity (Wildman–Crippen MR) is 77.8 cm³/mol. The van der Waals surface area contributed by atoms with Crippen molar-refractivity contribution in [2.75, 3.05) is 10.5 Å². The van der Waals surface area contributed by atoms with E-state index >= 15 is 0 Å². The van der Waals surface area contributed by atoms with E-state index in [1.54, 1.807) is 12.1 Å². The molecule has 1 aromatic heterocycles. The van der Waals surface area contributed by atoms with E-state index in [4.69, 9.17) is 5.73 Å². The topological polar surface area (TPSA) is 85.1 Å². The van der Waals surface area contributed by atoms with Gasteiger partial charge in [-0.1, -0.05) is 23.9 Å². The number of thioether (sulfide) groups is 1. The standard InChI is InChI=1S/C12H11F2N3O2S2/c13-12(14)20-10-4-2-1-3-9(10)17-21(18,19)8-5-6-16-11(15)7-8/h1-7,12,17H,(H2,15,16). The highest BCUT2D eigenvalue weighted by molar-refractivity contribution is 7.99. The smallest absolute Gasteiger partial charge is 0.288 e. The van der Waals surface area contributed by atoms with Gasteiger partial charge in [-0.2, -0.15) is 8.78 Å². The first kappa shape index (κ1) is 15.5. The molecule has 5 nitrogen and oxygen atoms in total. The molecule has 2 rings (SSSR count). The van der Waals surface area contributed by atoms with Gasteiger partial charge >= 0.3 is 0 Å². The zero-order chi connectivity index (χ0) is 15.5. The van der Waals surface area contributed by atoms with Crippen molar-refractivity contribution < 1.29 is 17.2 Å². The largest absolute Gasteiger partial charge is 0.384 e. The molecule has 21 heavy (non-hydrogen) atoms. The summed E-state index contributed by atoms with van der Waals surface area (Å²) in [6.45, 7) is 0. The molecule has 0 bridgehead atoms. The normalized spacial score (nSPS) is 11.6. The summed E-state index contributed by atoms with van der Waals surface area (Å²) in [5.41, 5.74) is 5.52. The summed E-state index contributed by atoms with van der Waals surface area (Å²) in [5, 5.41) is 0. The van der Waals surface area contributed by atoms with Crippen LogP contribution in [0.25, 0.3) is 0 Å². The average molecular weight is 331 g/mol. The summed E-state index contributed by atoms with van der Waals surface area (Å²) < 4.78 is 51.6. The van der Waals surface area contributed by atoms with E-state index in [9.17, 15) is 17.2 Å². The van der Waals surface area contributed by atoms with Gasteiger partial charge in [-0.3, -0.25) is 4.72 Å². The number of nitrogen functional groups attached to an aromatic ring is 1. The van der Waals surface area contributed by atoms with Crippen LogP contribution in [0.1, 0.15) is 0 Å². The fourth-order valence-electron chi connectivity index (χ4n) is 1.55. The number of nitrogens with zero attached hydrogens (tertiary/aromatic N) is 1. The summed E-state index contributed by atoms with van der Waals surface area (Å²) in [7, 11) is -3.92. The minimum atomic E-state index is -3.92. The van der Waals surface area contributed by atoms with Crippen LogP contribution >= 0.6 is 11.8 Å². The SMILES string of the molecule is Nc1cc(S(=O)(=O)Nc2ccccc2SC(F)F)ccn1. The Hall–Kier alpha value is -1.87. The van der Waals surface area contributed by atoms with Crippen molar-refractivity contribution >= 4 is 33.3 Å². The average Bonchev–Trinajstić information content (AvgIpc) is 2.40. The molecule has 0 aliphatic carbocycles. The Bertz CT molecular complexity index is 739. The van der Waals surface area contributed by atoms with Crippen molar-refractivity contribution in [3.8, 4) is 0 Å². The third kappa shape index (κ3) is 4.05. The number of hydrogen-bond donors (Lipinski definition) is 2. The molecule has 0 amide bonds. The van der Waals surface area contributed by atoms with Crippen LogP contribution in [0, 0.1) is 0 Å². The predicted octanol–water partition coefficient (Wildman–Crippen LogP) is 2.78. The van der Waals surface area contributed by atoms with Gasteiger partial charge in [0.15, 0.2) is 0 Å². The highest BCUT2D eigenvalue weighted by atomic mass is 32.2. The second-order valence-corrected chi connectivity index (χ2v) is 6.61. The Morgan fingerprint density at radius 1 is 1.24 bits per heavy atom. The van der Waals surface area contributed by atoms with Crippen LogP contribution < -0.4 is 10.5 Å². The Labute approximate surface area is 124 Å². The van der Waals surface area contributed by atoms with Crippen molar-refractivity contribution in [2.45, 2.75) is 15.5 Å². The van der Waals surface area contributed by atoms with Crippen LogP contribution in [0.5, 0.6) is 0 Å². The lowest BCUT2D eigenvalue weighted by Gasteiger charge is -2.12. The number of benzene rings is 1. The number of aromatic nitrogens is 1. The van der Waals surface area contributed by atoms with E-state index in [1.165, 1.54) is 30.5 Å². The lowest BCUT2D eigenvalue weighted by atomic mass is 10.3. The molecule has 0 fully saturated rings. The van der Waals surface area contributed by atoms with Gasteiger partial charge in [0.05, 0.1) is 10.6 Å². The molecule has 1 aromatic carbocycles. The van der Waals surface area contributed by atoms with Gasteiger partial charge in [-0.05, 0) is 18.2 Å². The van der Waals surface area contributed by atoms with Crippen molar-refractivity contribution in [1.82, 2.24) is 4.98 Å². The number of anilines is 2. The molecule has 0 radical (unpaired) electrons. The first-order valence-electron chi connectivity index (χ1n) is 5.67. The Morgan fingerprint density at radius 2 is 1.95 bits per heavy atom. The number of alkyl halides is 2. The Kier molecular flexibility index (Phi) is 4.63. The van der Waals surface area contributed by atoms with Crippen LogP contribution in [0.2, 0.25) is 0 Å². The molecule has 0 aliphatic heterocycles. The molecular formula is C12H11F2N3O2S2. The van der Waals surface area contributed by atoms with Gasteiger partial charge in [0.25, 0.3) is 15.8 Å². The summed E-state index contributed by atoms with van der Waals surface area (Å²) in [6, 6.07) is 8.37. The molecular weight excluding hydrogens is 320 g/mol. The maximum Gasteiger partial charge on any atom is 0.288 e. The highest BCUT2D eigenvalue weighted by Crippen LogP contribution is 2.32. The number of hydrogen-bond acceptors (Lipinski definition) is 5. The molecule has 0 saturated heterocycles. The van der Waals surface area contributed by atoms with Gasteiger partial charge in [-0.15, -0.1) is 0 Å². The van der Waals surface area contributed by atoms with Crippen LogP contribution in [-0.4, -0.2) is 19.2 Å². The van der Waals surface area contributed by atoms with Crippen LogP contribution in [0.15, 0.2) is 52.4 Å². The van der Waals surface area contributed by atoms with Crippen LogP contribution in [0.3, 0.4) is 0 Å². The molecule has 3 N–H and O–H groups in total. The molecule has 1 heterocycles. The van der Waals surface area contributed by atoms with Gasteiger partial charge in [0.2, 0.25) is 0 Å². The second-order valence-electron chi connectivity index (χ2n) is 3.90. The lowest BCUT2D eigenvalue weighted by Crippen LogP contribution is -2.14. The number of para-hydroxylation sites is 1. The van der Waals surface area contributed by atoms with Gasteiger partial charge in [-0.25, -0.2) is 13.4 Å². The van der Waals surface area contributed by atoms with E-state index < -0.39 is 15.8 Å². The van der Waals surface area contributed by atoms with Crippen molar-refractivity contribution in [3.05, 3.63) is 42.6 Å². The third-order valence-electron chi connectivity index (χ3n) is 2.41. The zero-order valence-corrected chi connectivity index (χ0v) is 12.2. The maximum absolute atomic E-state index is 12.5. The molecule has 9 heteroatoms. The first-order chi connectivity index (χ1) is 9.88. The van der Waals surface area contributed by atoms with Gasteiger partial charge in [0.1, 0.15) is 5.82 Å². The number of rotatable bonds is 5. The summed E-state index contributed by atoms with van der Waals surface area (Å²) in [5.74, 6) is -2.60. The summed E-state index contributed by atoms with van der Waals surface area (Å²) in [4.78, 5) is 3.75. The minimum absolute atomic E-state index is 0.0492. The molecule has 0 atom stereocenters. The quantitative estimate of drug-likeness (QED) is 0.823. The fourth-order valence-corrected chi connectivity index (χ4v) is 3.31. The molecule has 0 aliphatic rings. The number of halogens is 2. The van der Waals surface area contributed by atoms with E-state index in [-0.39, 0.29) is 33.1 Å². The number of nitrogens with two attached hydrogens (primary N) is 1. The minimum Gasteiger partial charge on any atom is -0.384 e. The van der Waals surface area contributed by atoms with Gasteiger partial charge < -0.3 is 5.73 Å². The highest BCUT2D eigenvalue weighted by Gasteiger charge is 2.18. The lowest BCUT2D eigenvalue weighted by molar-refractivity contribution is 0.252. The van der Waals surface area contributed by atoms with Crippen molar-refractivity contribution in [1.29, 1.82) is 0 Å². The zero-order valence-electron chi connectivity index (χ0n) is 10.5. The van der Waals surface area contributed by atoms with Crippen LogP contribution in [0.4, 0.5) is 20.3 Å². The van der Waals surface area contributed by atoms with Gasteiger partial charge in [0, 0.05) is 17.2 Å². The molecule has 0 saturated carbocycles. The van der Waals surface area contributed by atoms with Crippen molar-refractivity contribution in [2.24, 2.45) is 0 Å². The van der Waals surface area contributed by atoms with E-state index in [0.717, 1.165) is 0 Å². The first-order valence-corrected chi connectivity index (χ1v) is 8.03.